The van der Waals surface area contributed by atoms with Crippen molar-refractivity contribution in [3.8, 4) is 5.75 Å². The van der Waals surface area contributed by atoms with Crippen molar-refractivity contribution in [2.75, 3.05) is 0 Å². The summed E-state index contributed by atoms with van der Waals surface area (Å²) in [6.45, 7) is 0. The van der Waals surface area contributed by atoms with E-state index in [1.165, 1.54) is 12.1 Å². The molecule has 0 bridgehead atoms. The predicted octanol–water partition coefficient (Wildman–Crippen LogP) is 2.81. The van der Waals surface area contributed by atoms with Crippen LogP contribution in [0.4, 0.5) is 4.39 Å². The van der Waals surface area contributed by atoms with Crippen LogP contribution in [-0.2, 0) is 0 Å². The molecule has 2 aromatic rings. The molecular weight excluding hydrogens is 239 g/mol. The molecule has 0 amide bonds. The van der Waals surface area contributed by atoms with Gasteiger partial charge in [-0.05, 0) is 18.2 Å². The van der Waals surface area contributed by atoms with Gasteiger partial charge in [-0.1, -0.05) is 0 Å². The Balaban J connectivity index is 1.96. The van der Waals surface area contributed by atoms with Gasteiger partial charge in [0.15, 0.2) is 6.10 Å². The number of benzene rings is 1. The summed E-state index contributed by atoms with van der Waals surface area (Å²) in [6.07, 6.45) is 2.25. The van der Waals surface area contributed by atoms with Gasteiger partial charge in [0.05, 0.1) is 0 Å². The smallest absolute Gasteiger partial charge is 0.152 e. The number of nitrogens with zero attached hydrogens (tertiary/aromatic N) is 1. The Kier molecular flexibility index (Phi) is 2.57. The van der Waals surface area contributed by atoms with Crippen LogP contribution in [0.3, 0.4) is 0 Å². The Bertz CT molecular complexity index is 529. The molecule has 1 aliphatic heterocycles. The Labute approximate surface area is 102 Å². The normalized spacial score (nSPS) is 22.9. The van der Waals surface area contributed by atoms with E-state index in [2.05, 4.69) is 4.98 Å². The van der Waals surface area contributed by atoms with Crippen molar-refractivity contribution in [1.29, 1.82) is 0 Å². The summed E-state index contributed by atoms with van der Waals surface area (Å²) < 4.78 is 18.9. The van der Waals surface area contributed by atoms with Crippen LogP contribution in [0.15, 0.2) is 29.8 Å². The van der Waals surface area contributed by atoms with Gasteiger partial charge >= 0.3 is 0 Å². The summed E-state index contributed by atoms with van der Waals surface area (Å²) in [6, 6.07) is 4.25. The maximum absolute atomic E-state index is 13.1. The fourth-order valence-corrected chi connectivity index (χ4v) is 2.70. The van der Waals surface area contributed by atoms with E-state index >= 15 is 0 Å². The quantitative estimate of drug-likeness (QED) is 0.846. The zero-order chi connectivity index (χ0) is 11.8. The summed E-state index contributed by atoms with van der Waals surface area (Å²) in [4.78, 5) is 4.23. The van der Waals surface area contributed by atoms with Crippen LogP contribution >= 0.6 is 11.3 Å². The molecule has 2 atom stereocenters. The van der Waals surface area contributed by atoms with Gasteiger partial charge in [0, 0.05) is 29.6 Å². The number of rotatable bonds is 1. The third kappa shape index (κ3) is 1.92. The second kappa shape index (κ2) is 4.09. The third-order valence-corrected chi connectivity index (χ3v) is 3.70. The van der Waals surface area contributed by atoms with Crippen LogP contribution in [0, 0.1) is 5.82 Å². The van der Waals surface area contributed by atoms with Crippen LogP contribution in [0.5, 0.6) is 5.75 Å². The molecule has 0 radical (unpaired) electrons. The van der Waals surface area contributed by atoms with Crippen molar-refractivity contribution in [3.05, 3.63) is 46.2 Å². The highest BCUT2D eigenvalue weighted by Gasteiger charge is 2.28. The number of hydrogen-bond acceptors (Lipinski definition) is 4. The van der Waals surface area contributed by atoms with E-state index < -0.39 is 0 Å². The summed E-state index contributed by atoms with van der Waals surface area (Å²) in [5.74, 6) is 0.376. The molecular formula is C12H11FN2OS. The summed E-state index contributed by atoms with van der Waals surface area (Å²) in [5, 5.41) is 2.82. The van der Waals surface area contributed by atoms with Crippen molar-refractivity contribution in [2.24, 2.45) is 5.73 Å². The van der Waals surface area contributed by atoms with E-state index in [1.807, 2.05) is 5.38 Å². The van der Waals surface area contributed by atoms with Gasteiger partial charge in [-0.2, -0.15) is 0 Å². The minimum atomic E-state index is -0.282. The van der Waals surface area contributed by atoms with E-state index in [1.54, 1.807) is 23.6 Å². The molecule has 0 fully saturated rings. The van der Waals surface area contributed by atoms with Gasteiger partial charge < -0.3 is 10.5 Å². The minimum absolute atomic E-state index is 0.122. The number of fused-ring (bicyclic) bond motifs is 1. The lowest BCUT2D eigenvalue weighted by molar-refractivity contribution is 0.160. The number of halogens is 1. The topological polar surface area (TPSA) is 48.1 Å². The molecule has 0 spiro atoms. The fraction of sp³-hybridized carbons (Fsp3) is 0.250. The highest BCUT2D eigenvalue weighted by molar-refractivity contribution is 7.09. The molecule has 2 N–H and O–H groups in total. The average Bonchev–Trinajstić information content (AvgIpc) is 2.83. The van der Waals surface area contributed by atoms with Crippen LogP contribution < -0.4 is 10.5 Å². The lowest BCUT2D eigenvalue weighted by atomic mass is 9.97. The lowest BCUT2D eigenvalue weighted by Gasteiger charge is -2.29. The lowest BCUT2D eigenvalue weighted by Crippen LogP contribution is -2.24. The minimum Gasteiger partial charge on any atom is -0.483 e. The molecule has 88 valence electrons. The van der Waals surface area contributed by atoms with Crippen LogP contribution in [0.25, 0.3) is 0 Å². The fourth-order valence-electron chi connectivity index (χ4n) is 2.02. The number of hydrogen-bond donors (Lipinski definition) is 1. The van der Waals surface area contributed by atoms with Crippen molar-refractivity contribution in [2.45, 2.75) is 18.6 Å². The Hall–Kier alpha value is -1.46. The van der Waals surface area contributed by atoms with Crippen molar-refractivity contribution < 1.29 is 9.13 Å². The summed E-state index contributed by atoms with van der Waals surface area (Å²) in [5.41, 5.74) is 6.78. The first-order valence-corrected chi connectivity index (χ1v) is 6.23. The van der Waals surface area contributed by atoms with Gasteiger partial charge in [0.2, 0.25) is 0 Å². The van der Waals surface area contributed by atoms with Gasteiger partial charge in [-0.15, -0.1) is 11.3 Å². The van der Waals surface area contributed by atoms with Crippen LogP contribution in [0.2, 0.25) is 0 Å². The van der Waals surface area contributed by atoms with Crippen LogP contribution in [-0.4, -0.2) is 4.98 Å². The van der Waals surface area contributed by atoms with Gasteiger partial charge in [-0.3, -0.25) is 0 Å². The highest BCUT2D eigenvalue weighted by Crippen LogP contribution is 2.40. The maximum Gasteiger partial charge on any atom is 0.152 e. The predicted molar refractivity (Wildman–Crippen MR) is 63.4 cm³/mol. The van der Waals surface area contributed by atoms with E-state index in [-0.39, 0.29) is 18.0 Å². The first-order valence-electron chi connectivity index (χ1n) is 5.35. The van der Waals surface area contributed by atoms with Crippen molar-refractivity contribution in [1.82, 2.24) is 4.98 Å². The molecule has 2 heterocycles. The Morgan fingerprint density at radius 3 is 3.12 bits per heavy atom. The van der Waals surface area contributed by atoms with Gasteiger partial charge in [0.25, 0.3) is 0 Å². The zero-order valence-corrected chi connectivity index (χ0v) is 9.78. The van der Waals surface area contributed by atoms with Crippen molar-refractivity contribution >= 4 is 11.3 Å². The average molecular weight is 250 g/mol. The molecule has 3 rings (SSSR count). The molecule has 17 heavy (non-hydrogen) atoms. The molecule has 2 unspecified atom stereocenters. The molecule has 5 heteroatoms. The molecule has 0 aliphatic carbocycles. The van der Waals surface area contributed by atoms with Gasteiger partial charge in [-0.25, -0.2) is 9.37 Å². The first kappa shape index (κ1) is 10.7. The SMILES string of the molecule is NC1CC(c2nccs2)Oc2ccc(F)cc21. The largest absolute Gasteiger partial charge is 0.483 e. The van der Waals surface area contributed by atoms with E-state index in [0.717, 1.165) is 10.6 Å². The van der Waals surface area contributed by atoms with E-state index in [9.17, 15) is 4.39 Å². The molecule has 3 nitrogen and oxygen atoms in total. The number of aromatic nitrogens is 1. The number of nitrogens with two attached hydrogens (primary N) is 1. The van der Waals surface area contributed by atoms with E-state index in [4.69, 9.17) is 10.5 Å². The highest BCUT2D eigenvalue weighted by atomic mass is 32.1. The Morgan fingerprint density at radius 2 is 2.35 bits per heavy atom. The van der Waals surface area contributed by atoms with Crippen LogP contribution in [0.1, 0.15) is 29.1 Å². The molecule has 0 saturated heterocycles. The number of ether oxygens (including phenoxy) is 1. The Morgan fingerprint density at radius 1 is 1.47 bits per heavy atom. The summed E-state index contributed by atoms with van der Waals surface area (Å²) in [7, 11) is 0. The molecule has 0 saturated carbocycles. The standard InChI is InChI=1S/C12H11FN2OS/c13-7-1-2-10-8(5-7)9(14)6-11(16-10)12-15-3-4-17-12/h1-5,9,11H,6,14H2. The third-order valence-electron chi connectivity index (χ3n) is 2.84. The second-order valence-corrected chi connectivity index (χ2v) is 4.93. The molecule has 1 aliphatic rings. The molecule has 1 aromatic carbocycles. The zero-order valence-electron chi connectivity index (χ0n) is 8.97. The van der Waals surface area contributed by atoms with E-state index in [0.29, 0.717) is 12.2 Å². The first-order chi connectivity index (χ1) is 8.24. The maximum atomic E-state index is 13.1. The number of thiazole rings is 1. The second-order valence-electron chi connectivity index (χ2n) is 4.00. The molecule has 1 aromatic heterocycles. The monoisotopic (exact) mass is 250 g/mol. The van der Waals surface area contributed by atoms with Gasteiger partial charge in [0.1, 0.15) is 16.6 Å². The summed E-state index contributed by atoms with van der Waals surface area (Å²) >= 11 is 1.54. The van der Waals surface area contributed by atoms with Crippen molar-refractivity contribution in [3.63, 3.8) is 0 Å².